The molecule has 0 fully saturated rings. The first-order valence-corrected chi connectivity index (χ1v) is 15.5. The summed E-state index contributed by atoms with van der Waals surface area (Å²) in [5, 5.41) is 4.17. The van der Waals surface area contributed by atoms with Gasteiger partial charge in [0.1, 0.15) is 29.5 Å². The highest BCUT2D eigenvalue weighted by Gasteiger charge is 2.25. The van der Waals surface area contributed by atoms with E-state index in [9.17, 15) is 9.59 Å². The van der Waals surface area contributed by atoms with Crippen molar-refractivity contribution in [2.24, 2.45) is 0 Å². The highest BCUT2D eigenvalue weighted by molar-refractivity contribution is 6.41. The number of nitrogens with zero attached hydrogens (tertiary/aromatic N) is 5. The number of pyridine rings is 2. The number of carbonyl (C=O) groups excluding carboxylic acids is 1. The predicted octanol–water partition coefficient (Wildman–Crippen LogP) is 6.76. The minimum absolute atomic E-state index is 0.0102. The molecule has 0 radical (unpaired) electrons. The number of nitrogens with one attached hydrogen (secondary N) is 1. The number of benzene rings is 2. The summed E-state index contributed by atoms with van der Waals surface area (Å²) in [5.41, 5.74) is 2.44. The molecule has 2 aromatic carbocycles. The van der Waals surface area contributed by atoms with Crippen LogP contribution in [0.25, 0.3) is 22.0 Å². The third-order valence-corrected chi connectivity index (χ3v) is 8.33. The molecule has 0 saturated carbocycles. The molecule has 1 unspecified atom stereocenters. The number of halogens is 2. The Balaban J connectivity index is 1.68. The molecule has 1 N–H and O–H groups in total. The Morgan fingerprint density at radius 1 is 1.02 bits per heavy atom. The molecule has 0 aliphatic heterocycles. The number of aromatic nitrogens is 4. The van der Waals surface area contributed by atoms with Crippen LogP contribution in [0.4, 0.5) is 11.6 Å². The first-order chi connectivity index (χ1) is 22.6. The van der Waals surface area contributed by atoms with Gasteiger partial charge in [0.05, 0.1) is 41.4 Å². The number of allylic oxidation sites excluding steroid dienone is 1. The summed E-state index contributed by atoms with van der Waals surface area (Å²) in [5.74, 6) is 1.63. The second kappa shape index (κ2) is 14.8. The Morgan fingerprint density at radius 2 is 1.77 bits per heavy atom. The summed E-state index contributed by atoms with van der Waals surface area (Å²) in [7, 11) is 6.84. The number of likely N-dealkylation sites (N-methyl/N-ethyl adjacent to an activating group) is 1. The monoisotopic (exact) mass is 672 g/mol. The number of ketones is 1. The summed E-state index contributed by atoms with van der Waals surface area (Å²) >= 11 is 13.6. The van der Waals surface area contributed by atoms with Crippen molar-refractivity contribution >= 4 is 51.5 Å². The molecule has 0 saturated heterocycles. The topological polar surface area (TPSA) is 111 Å². The van der Waals surface area contributed by atoms with Crippen LogP contribution in [-0.2, 0) is 11.2 Å². The van der Waals surface area contributed by atoms with E-state index in [1.54, 1.807) is 47.3 Å². The number of rotatable bonds is 12. The quantitative estimate of drug-likeness (QED) is 0.144. The maximum Gasteiger partial charge on any atom is 0.259 e. The molecule has 0 spiro atoms. The van der Waals surface area contributed by atoms with Gasteiger partial charge < -0.3 is 24.3 Å². The zero-order valence-corrected chi connectivity index (χ0v) is 28.1. The standard InChI is InChI=1S/C35H34Cl2N6O4/c1-21(23-9-6-8-22(14-23)15-25(44)10-7-13-42(2)3)43-27-17-31(41-30-11-12-38-20-40-30)39-19-24(27)16-26(35(43)45)32-33(36)28(46-4)18-29(47-5)34(32)37/h6-12,14,16-21H,13,15H2,1-5H3,(H,38,39,40,41)/b10-7+. The Bertz CT molecular complexity index is 1990. The van der Waals surface area contributed by atoms with Crippen LogP contribution in [0.3, 0.4) is 0 Å². The average Bonchev–Trinajstić information content (AvgIpc) is 3.05. The molecule has 5 aromatic rings. The van der Waals surface area contributed by atoms with Crippen molar-refractivity contribution in [3.8, 4) is 22.6 Å². The van der Waals surface area contributed by atoms with E-state index in [1.807, 2.05) is 56.3 Å². The van der Waals surface area contributed by atoms with E-state index in [0.29, 0.717) is 40.6 Å². The maximum atomic E-state index is 14.6. The highest BCUT2D eigenvalue weighted by Crippen LogP contribution is 2.45. The largest absolute Gasteiger partial charge is 0.495 e. The molecule has 0 amide bonds. The molecule has 0 aliphatic carbocycles. The van der Waals surface area contributed by atoms with Gasteiger partial charge in [0.15, 0.2) is 5.78 Å². The fraction of sp³-hybridized carbons (Fsp3) is 0.229. The molecule has 5 rings (SSSR count). The van der Waals surface area contributed by atoms with E-state index >= 15 is 0 Å². The van der Waals surface area contributed by atoms with E-state index in [4.69, 9.17) is 32.7 Å². The second-order valence-corrected chi connectivity index (χ2v) is 11.8. The Kier molecular flexibility index (Phi) is 10.6. The van der Waals surface area contributed by atoms with Crippen molar-refractivity contribution in [1.29, 1.82) is 0 Å². The van der Waals surface area contributed by atoms with Gasteiger partial charge in [-0.05, 0) is 50.4 Å². The molecule has 47 heavy (non-hydrogen) atoms. The van der Waals surface area contributed by atoms with Crippen molar-refractivity contribution in [2.45, 2.75) is 19.4 Å². The SMILES string of the molecule is COc1cc(OC)c(Cl)c(-c2cc3cnc(Nc4ccncn4)cc3n(C(C)c3cccc(CC(=O)/C=C/CN(C)C)c3)c2=O)c1Cl. The van der Waals surface area contributed by atoms with Gasteiger partial charge in [-0.1, -0.05) is 53.5 Å². The molecular formula is C35H34Cl2N6O4. The highest BCUT2D eigenvalue weighted by atomic mass is 35.5. The Morgan fingerprint density at radius 3 is 2.43 bits per heavy atom. The molecule has 0 bridgehead atoms. The maximum absolute atomic E-state index is 14.6. The third kappa shape index (κ3) is 7.46. The Labute approximate surface area is 282 Å². The van der Waals surface area contributed by atoms with Crippen molar-refractivity contribution in [1.82, 2.24) is 24.4 Å². The minimum atomic E-state index is -0.483. The van der Waals surface area contributed by atoms with Crippen LogP contribution < -0.4 is 20.3 Å². The normalized spacial score (nSPS) is 12.1. The number of ether oxygens (including phenoxy) is 2. The third-order valence-electron chi connectivity index (χ3n) is 7.57. The molecule has 3 aromatic heterocycles. The molecule has 1 atom stereocenters. The molecule has 10 nitrogen and oxygen atoms in total. The van der Waals surface area contributed by atoms with Crippen LogP contribution in [0.1, 0.15) is 24.1 Å². The number of fused-ring (bicyclic) bond motifs is 1. The summed E-state index contributed by atoms with van der Waals surface area (Å²) < 4.78 is 12.6. The van der Waals surface area contributed by atoms with Gasteiger partial charge in [-0.25, -0.2) is 15.0 Å². The van der Waals surface area contributed by atoms with Crippen molar-refractivity contribution in [3.63, 3.8) is 0 Å². The zero-order valence-electron chi connectivity index (χ0n) is 26.6. The lowest BCUT2D eigenvalue weighted by Crippen LogP contribution is -2.26. The van der Waals surface area contributed by atoms with Gasteiger partial charge >= 0.3 is 0 Å². The molecule has 3 heterocycles. The smallest absolute Gasteiger partial charge is 0.259 e. The van der Waals surface area contributed by atoms with E-state index in [1.165, 1.54) is 20.5 Å². The van der Waals surface area contributed by atoms with Crippen molar-refractivity contribution in [3.05, 3.63) is 111 Å². The van der Waals surface area contributed by atoms with E-state index < -0.39 is 6.04 Å². The van der Waals surface area contributed by atoms with Crippen molar-refractivity contribution in [2.75, 3.05) is 40.2 Å². The van der Waals surface area contributed by atoms with E-state index in [0.717, 1.165) is 11.1 Å². The number of hydrogen-bond donors (Lipinski definition) is 1. The lowest BCUT2D eigenvalue weighted by molar-refractivity contribution is -0.114. The lowest BCUT2D eigenvalue weighted by atomic mass is 9.99. The van der Waals surface area contributed by atoms with Crippen molar-refractivity contribution < 1.29 is 14.3 Å². The fourth-order valence-electron chi connectivity index (χ4n) is 5.25. The van der Waals surface area contributed by atoms with E-state index in [-0.39, 0.29) is 38.9 Å². The van der Waals surface area contributed by atoms with Crippen LogP contribution in [0.5, 0.6) is 11.5 Å². The van der Waals surface area contributed by atoms with Crippen LogP contribution in [0.15, 0.2) is 84.2 Å². The number of anilines is 2. The van der Waals surface area contributed by atoms with Crippen LogP contribution in [0, 0.1) is 0 Å². The predicted molar refractivity (Wildman–Crippen MR) is 187 cm³/mol. The van der Waals surface area contributed by atoms with Gasteiger partial charge in [0, 0.05) is 48.4 Å². The minimum Gasteiger partial charge on any atom is -0.495 e. The van der Waals surface area contributed by atoms with E-state index in [2.05, 4.69) is 20.3 Å². The number of methoxy groups -OCH3 is 2. The first-order valence-electron chi connectivity index (χ1n) is 14.7. The fourth-order valence-corrected chi connectivity index (χ4v) is 5.95. The summed E-state index contributed by atoms with van der Waals surface area (Å²) in [4.78, 5) is 42.1. The molecular weight excluding hydrogens is 639 g/mol. The average molecular weight is 674 g/mol. The molecule has 0 aliphatic rings. The van der Waals surface area contributed by atoms with Gasteiger partial charge in [-0.15, -0.1) is 0 Å². The van der Waals surface area contributed by atoms with Gasteiger partial charge in [0.25, 0.3) is 5.56 Å². The van der Waals surface area contributed by atoms with Crippen LogP contribution in [0.2, 0.25) is 10.0 Å². The first kappa shape index (κ1) is 33.6. The second-order valence-electron chi connectivity index (χ2n) is 11.1. The van der Waals surface area contributed by atoms with Gasteiger partial charge in [0.2, 0.25) is 0 Å². The number of carbonyl (C=O) groups is 1. The summed E-state index contributed by atoms with van der Waals surface area (Å²) in [6.07, 6.45) is 8.39. The summed E-state index contributed by atoms with van der Waals surface area (Å²) in [6.45, 7) is 2.60. The molecule has 242 valence electrons. The van der Waals surface area contributed by atoms with Crippen LogP contribution >= 0.6 is 23.2 Å². The lowest BCUT2D eigenvalue weighted by Gasteiger charge is -2.22. The van der Waals surface area contributed by atoms with Gasteiger partial charge in [-0.3, -0.25) is 9.59 Å². The number of hydrogen-bond acceptors (Lipinski definition) is 9. The van der Waals surface area contributed by atoms with Gasteiger partial charge in [-0.2, -0.15) is 0 Å². The van der Waals surface area contributed by atoms with Crippen LogP contribution in [-0.4, -0.2) is 65.1 Å². The molecule has 12 heteroatoms. The summed E-state index contributed by atoms with van der Waals surface area (Å²) in [6, 6.07) is 14.0. The Hall–Kier alpha value is -4.77. The zero-order chi connectivity index (χ0) is 33.7.